The third-order valence-corrected chi connectivity index (χ3v) is 1.78. The Bertz CT molecular complexity index is 411. The Kier molecular flexibility index (Phi) is 3.56. The smallest absolute Gasteiger partial charge is 0.374 e. The van der Waals surface area contributed by atoms with Gasteiger partial charge in [-0.15, -0.1) is 0 Å². The molecule has 0 radical (unpaired) electrons. The van der Waals surface area contributed by atoms with Gasteiger partial charge in [-0.2, -0.15) is 0 Å². The van der Waals surface area contributed by atoms with Crippen molar-refractivity contribution in [2.75, 3.05) is 14.2 Å². The summed E-state index contributed by atoms with van der Waals surface area (Å²) in [6, 6.07) is 2.60. The van der Waals surface area contributed by atoms with Crippen LogP contribution in [0.3, 0.4) is 0 Å². The minimum atomic E-state index is -0.702. The SMILES string of the molecule is COC(=O)c1cc(=S)cc(C(=O)OC)o1. The lowest BCUT2D eigenvalue weighted by Crippen LogP contribution is -2.06. The molecule has 1 aromatic heterocycles. The Balaban J connectivity index is 3.22. The molecule has 0 bridgehead atoms. The van der Waals surface area contributed by atoms with Crippen LogP contribution in [0.25, 0.3) is 0 Å². The molecule has 0 aliphatic carbocycles. The van der Waals surface area contributed by atoms with E-state index in [9.17, 15) is 9.59 Å². The van der Waals surface area contributed by atoms with E-state index in [4.69, 9.17) is 16.6 Å². The maximum Gasteiger partial charge on any atom is 0.374 e. The Morgan fingerprint density at radius 1 is 1.13 bits per heavy atom. The fraction of sp³-hybridized carbons (Fsp3) is 0.222. The standard InChI is InChI=1S/C9H8O5S/c1-12-8(10)6-3-5(15)4-7(14-6)9(11)13-2/h3-4H,1-2H3. The van der Waals surface area contributed by atoms with Crippen molar-refractivity contribution in [2.24, 2.45) is 0 Å². The van der Waals surface area contributed by atoms with E-state index in [1.807, 2.05) is 0 Å². The largest absolute Gasteiger partial charge is 0.463 e. The second-order valence-corrected chi connectivity index (χ2v) is 2.98. The van der Waals surface area contributed by atoms with Crippen LogP contribution in [0, 0.1) is 4.51 Å². The number of methoxy groups -OCH3 is 2. The molecule has 0 N–H and O–H groups in total. The minimum Gasteiger partial charge on any atom is -0.463 e. The van der Waals surface area contributed by atoms with E-state index in [0.717, 1.165) is 0 Å². The molecule has 0 aromatic carbocycles. The van der Waals surface area contributed by atoms with Crippen LogP contribution in [0.4, 0.5) is 0 Å². The molecule has 0 unspecified atom stereocenters. The highest BCUT2D eigenvalue weighted by molar-refractivity contribution is 7.71. The summed E-state index contributed by atoms with van der Waals surface area (Å²) in [5, 5.41) is 0. The average molecular weight is 228 g/mol. The minimum absolute atomic E-state index is 0.134. The summed E-state index contributed by atoms with van der Waals surface area (Å²) in [6.07, 6.45) is 0. The predicted molar refractivity (Wildman–Crippen MR) is 52.2 cm³/mol. The molecule has 6 heteroatoms. The van der Waals surface area contributed by atoms with Gasteiger partial charge in [0.25, 0.3) is 0 Å². The summed E-state index contributed by atoms with van der Waals surface area (Å²) < 4.78 is 14.1. The van der Waals surface area contributed by atoms with Crippen LogP contribution in [0.1, 0.15) is 21.1 Å². The van der Waals surface area contributed by atoms with Gasteiger partial charge in [0.05, 0.1) is 14.2 Å². The lowest BCUT2D eigenvalue weighted by Gasteiger charge is -2.01. The van der Waals surface area contributed by atoms with Crippen molar-refractivity contribution < 1.29 is 23.5 Å². The molecule has 0 amide bonds. The molecular weight excluding hydrogens is 220 g/mol. The third kappa shape index (κ3) is 2.63. The van der Waals surface area contributed by atoms with Crippen LogP contribution < -0.4 is 0 Å². The van der Waals surface area contributed by atoms with Crippen LogP contribution in [-0.2, 0) is 9.47 Å². The van der Waals surface area contributed by atoms with Crippen molar-refractivity contribution in [3.63, 3.8) is 0 Å². The second kappa shape index (κ2) is 4.70. The number of esters is 2. The second-order valence-electron chi connectivity index (χ2n) is 2.50. The first-order valence-corrected chi connectivity index (χ1v) is 4.31. The highest BCUT2D eigenvalue weighted by atomic mass is 32.1. The molecule has 1 aromatic rings. The summed E-state index contributed by atoms with van der Waals surface area (Å²) in [5.41, 5.74) is 0. The van der Waals surface area contributed by atoms with Crippen molar-refractivity contribution in [1.29, 1.82) is 0 Å². The zero-order valence-corrected chi connectivity index (χ0v) is 8.92. The predicted octanol–water partition coefficient (Wildman–Crippen LogP) is 1.58. The summed E-state index contributed by atoms with van der Waals surface area (Å²) in [5.74, 6) is -1.67. The van der Waals surface area contributed by atoms with E-state index >= 15 is 0 Å². The van der Waals surface area contributed by atoms with E-state index in [2.05, 4.69) is 9.47 Å². The number of hydrogen-bond donors (Lipinski definition) is 0. The Morgan fingerprint density at radius 2 is 1.53 bits per heavy atom. The van der Waals surface area contributed by atoms with Gasteiger partial charge in [-0.1, -0.05) is 12.2 Å². The molecule has 1 rings (SSSR count). The van der Waals surface area contributed by atoms with Gasteiger partial charge >= 0.3 is 11.9 Å². The first-order valence-electron chi connectivity index (χ1n) is 3.90. The van der Waals surface area contributed by atoms with Crippen LogP contribution in [0.5, 0.6) is 0 Å². The lowest BCUT2D eigenvalue weighted by molar-refractivity contribution is 0.0522. The molecule has 0 aliphatic heterocycles. The van der Waals surface area contributed by atoms with Gasteiger partial charge in [-0.25, -0.2) is 9.59 Å². The normalized spacial score (nSPS) is 9.47. The number of carbonyl (C=O) groups excluding carboxylic acids is 2. The van der Waals surface area contributed by atoms with Crippen molar-refractivity contribution in [3.05, 3.63) is 28.2 Å². The van der Waals surface area contributed by atoms with Gasteiger partial charge in [0.15, 0.2) is 0 Å². The van der Waals surface area contributed by atoms with E-state index in [1.54, 1.807) is 0 Å². The molecule has 0 saturated heterocycles. The summed E-state index contributed by atoms with van der Waals surface area (Å²) in [7, 11) is 2.40. The topological polar surface area (TPSA) is 65.7 Å². The lowest BCUT2D eigenvalue weighted by atomic mass is 10.3. The number of hydrogen-bond acceptors (Lipinski definition) is 6. The molecule has 15 heavy (non-hydrogen) atoms. The zero-order valence-electron chi connectivity index (χ0n) is 8.10. The fourth-order valence-corrected chi connectivity index (χ4v) is 1.09. The fourth-order valence-electron chi connectivity index (χ4n) is 0.880. The van der Waals surface area contributed by atoms with Crippen molar-refractivity contribution in [2.45, 2.75) is 0 Å². The van der Waals surface area contributed by atoms with Gasteiger partial charge in [0.1, 0.15) is 0 Å². The van der Waals surface area contributed by atoms with Gasteiger partial charge in [-0.3, -0.25) is 0 Å². The maximum atomic E-state index is 11.1. The van der Waals surface area contributed by atoms with Gasteiger partial charge in [0.2, 0.25) is 11.5 Å². The molecule has 0 atom stereocenters. The number of rotatable bonds is 2. The quantitative estimate of drug-likeness (QED) is 0.565. The van der Waals surface area contributed by atoms with E-state index < -0.39 is 11.9 Å². The molecule has 0 saturated carbocycles. The van der Waals surface area contributed by atoms with Crippen LogP contribution in [-0.4, -0.2) is 26.2 Å². The number of carbonyl (C=O) groups is 2. The Hall–Kier alpha value is -1.69. The van der Waals surface area contributed by atoms with Gasteiger partial charge in [0, 0.05) is 16.6 Å². The summed E-state index contributed by atoms with van der Waals surface area (Å²) >= 11 is 4.85. The maximum absolute atomic E-state index is 11.1. The van der Waals surface area contributed by atoms with Crippen LogP contribution >= 0.6 is 12.2 Å². The molecule has 1 heterocycles. The first-order chi connectivity index (χ1) is 7.08. The average Bonchev–Trinajstić information content (AvgIpc) is 2.26. The highest BCUT2D eigenvalue weighted by Gasteiger charge is 2.14. The van der Waals surface area contributed by atoms with Crippen molar-refractivity contribution in [1.82, 2.24) is 0 Å². The van der Waals surface area contributed by atoms with Crippen LogP contribution in [0.15, 0.2) is 16.5 Å². The van der Waals surface area contributed by atoms with E-state index in [-0.39, 0.29) is 11.5 Å². The molecule has 0 fully saturated rings. The van der Waals surface area contributed by atoms with Gasteiger partial charge in [-0.05, 0) is 0 Å². The van der Waals surface area contributed by atoms with Gasteiger partial charge < -0.3 is 13.9 Å². The Labute approximate surface area is 90.6 Å². The van der Waals surface area contributed by atoms with E-state index in [0.29, 0.717) is 4.51 Å². The number of ether oxygens (including phenoxy) is 2. The molecule has 80 valence electrons. The van der Waals surface area contributed by atoms with Crippen molar-refractivity contribution >= 4 is 24.2 Å². The molecule has 0 aliphatic rings. The van der Waals surface area contributed by atoms with Crippen LogP contribution in [0.2, 0.25) is 0 Å². The molecule has 0 spiro atoms. The molecule has 5 nitrogen and oxygen atoms in total. The van der Waals surface area contributed by atoms with Crippen molar-refractivity contribution in [3.8, 4) is 0 Å². The summed E-state index contributed by atoms with van der Waals surface area (Å²) in [6.45, 7) is 0. The van der Waals surface area contributed by atoms with E-state index in [1.165, 1.54) is 26.4 Å². The first kappa shape index (κ1) is 11.4. The highest BCUT2D eigenvalue weighted by Crippen LogP contribution is 2.09. The molecular formula is C9H8O5S. The third-order valence-electron chi connectivity index (χ3n) is 1.54. The Morgan fingerprint density at radius 3 is 1.87 bits per heavy atom. The summed E-state index contributed by atoms with van der Waals surface area (Å²) in [4.78, 5) is 22.2. The monoisotopic (exact) mass is 228 g/mol. The zero-order chi connectivity index (χ0) is 11.4.